The molecule has 0 bridgehead atoms. The Balaban J connectivity index is 0.00000180. The summed E-state index contributed by atoms with van der Waals surface area (Å²) < 4.78 is 0. The van der Waals surface area contributed by atoms with Crippen LogP contribution in [-0.4, -0.2) is 19.0 Å². The molecule has 19 heavy (non-hydrogen) atoms. The number of amides is 1. The standard InChI is InChI=1S/C14H19ClN2O.ClH/c1-10(12-2-4-13(15)5-3-12)17-14(18)8-11-6-7-16-9-11;/h2-5,10-11,16H,6-9H2,1H3,(H,17,18);1H. The van der Waals surface area contributed by atoms with Crippen molar-refractivity contribution in [1.29, 1.82) is 0 Å². The summed E-state index contributed by atoms with van der Waals surface area (Å²) in [5.74, 6) is 0.619. The Morgan fingerprint density at radius 1 is 1.47 bits per heavy atom. The molecule has 0 aliphatic carbocycles. The Morgan fingerprint density at radius 2 is 2.16 bits per heavy atom. The number of halogens is 2. The molecule has 2 N–H and O–H groups in total. The smallest absolute Gasteiger partial charge is 0.220 e. The molecule has 2 atom stereocenters. The van der Waals surface area contributed by atoms with Gasteiger partial charge in [0, 0.05) is 11.4 Å². The number of hydrogen-bond donors (Lipinski definition) is 2. The highest BCUT2D eigenvalue weighted by Gasteiger charge is 2.19. The van der Waals surface area contributed by atoms with Gasteiger partial charge in [-0.25, -0.2) is 0 Å². The predicted octanol–water partition coefficient (Wildman–Crippen LogP) is 2.94. The molecule has 1 amide bonds. The largest absolute Gasteiger partial charge is 0.350 e. The molecule has 1 aliphatic heterocycles. The maximum atomic E-state index is 11.9. The van der Waals surface area contributed by atoms with Crippen molar-refractivity contribution in [3.8, 4) is 0 Å². The highest BCUT2D eigenvalue weighted by Crippen LogP contribution is 2.17. The molecule has 0 spiro atoms. The quantitative estimate of drug-likeness (QED) is 0.898. The molecule has 1 fully saturated rings. The van der Waals surface area contributed by atoms with Crippen molar-refractivity contribution in [2.24, 2.45) is 5.92 Å². The molecule has 1 aliphatic rings. The zero-order chi connectivity index (χ0) is 13.0. The molecule has 2 unspecified atom stereocenters. The maximum Gasteiger partial charge on any atom is 0.220 e. The van der Waals surface area contributed by atoms with Gasteiger partial charge in [-0.1, -0.05) is 23.7 Å². The van der Waals surface area contributed by atoms with E-state index in [4.69, 9.17) is 11.6 Å². The highest BCUT2D eigenvalue weighted by atomic mass is 35.5. The number of carbonyl (C=O) groups is 1. The fraction of sp³-hybridized carbons (Fsp3) is 0.500. The van der Waals surface area contributed by atoms with E-state index in [1.165, 1.54) is 0 Å². The van der Waals surface area contributed by atoms with E-state index in [1.807, 2.05) is 31.2 Å². The summed E-state index contributed by atoms with van der Waals surface area (Å²) in [5, 5.41) is 7.02. The minimum atomic E-state index is 0. The second-order valence-corrected chi connectivity index (χ2v) is 5.34. The topological polar surface area (TPSA) is 41.1 Å². The van der Waals surface area contributed by atoms with Crippen LogP contribution in [0.5, 0.6) is 0 Å². The third-order valence-corrected chi connectivity index (χ3v) is 3.64. The van der Waals surface area contributed by atoms with Crippen LogP contribution >= 0.6 is 24.0 Å². The molecule has 1 aromatic carbocycles. The van der Waals surface area contributed by atoms with Crippen molar-refractivity contribution in [2.75, 3.05) is 13.1 Å². The molecule has 1 heterocycles. The van der Waals surface area contributed by atoms with E-state index in [2.05, 4.69) is 10.6 Å². The lowest BCUT2D eigenvalue weighted by atomic mass is 10.0. The van der Waals surface area contributed by atoms with Gasteiger partial charge in [-0.2, -0.15) is 0 Å². The fourth-order valence-electron chi connectivity index (χ4n) is 2.29. The molecule has 0 aromatic heterocycles. The Labute approximate surface area is 125 Å². The minimum absolute atomic E-state index is 0. The number of nitrogens with one attached hydrogen (secondary N) is 2. The van der Waals surface area contributed by atoms with E-state index < -0.39 is 0 Å². The first kappa shape index (κ1) is 16.3. The fourth-order valence-corrected chi connectivity index (χ4v) is 2.41. The average molecular weight is 303 g/mol. The Kier molecular flexibility index (Phi) is 6.63. The SMILES string of the molecule is CC(NC(=O)CC1CCNC1)c1ccc(Cl)cc1.Cl. The van der Waals surface area contributed by atoms with Crippen LogP contribution in [0.2, 0.25) is 5.02 Å². The van der Waals surface area contributed by atoms with Crippen LogP contribution in [-0.2, 0) is 4.79 Å². The second kappa shape index (κ2) is 7.73. The normalized spacial score (nSPS) is 19.6. The summed E-state index contributed by atoms with van der Waals surface area (Å²) in [6, 6.07) is 7.62. The van der Waals surface area contributed by atoms with Gasteiger partial charge in [-0.15, -0.1) is 12.4 Å². The van der Waals surface area contributed by atoms with Crippen molar-refractivity contribution in [2.45, 2.75) is 25.8 Å². The van der Waals surface area contributed by atoms with Gasteiger partial charge < -0.3 is 10.6 Å². The molecule has 0 saturated carbocycles. The molecule has 0 radical (unpaired) electrons. The number of hydrogen-bond acceptors (Lipinski definition) is 2. The number of benzene rings is 1. The van der Waals surface area contributed by atoms with Gasteiger partial charge in [0.15, 0.2) is 0 Å². The first-order valence-electron chi connectivity index (χ1n) is 6.40. The van der Waals surface area contributed by atoms with Crippen LogP contribution in [0.1, 0.15) is 31.4 Å². The van der Waals surface area contributed by atoms with Gasteiger partial charge in [-0.3, -0.25) is 4.79 Å². The van der Waals surface area contributed by atoms with Crippen LogP contribution in [0.4, 0.5) is 0 Å². The van der Waals surface area contributed by atoms with Crippen LogP contribution in [0, 0.1) is 5.92 Å². The average Bonchev–Trinajstić information content (AvgIpc) is 2.82. The van der Waals surface area contributed by atoms with E-state index >= 15 is 0 Å². The summed E-state index contributed by atoms with van der Waals surface area (Å²) in [6.45, 7) is 3.99. The summed E-state index contributed by atoms with van der Waals surface area (Å²) in [7, 11) is 0. The lowest BCUT2D eigenvalue weighted by Gasteiger charge is -2.16. The zero-order valence-corrected chi connectivity index (χ0v) is 12.6. The Bertz CT molecular complexity index is 402. The lowest BCUT2D eigenvalue weighted by molar-refractivity contribution is -0.122. The van der Waals surface area contributed by atoms with Gasteiger partial charge >= 0.3 is 0 Å². The van der Waals surface area contributed by atoms with E-state index in [0.29, 0.717) is 17.4 Å². The minimum Gasteiger partial charge on any atom is -0.350 e. The van der Waals surface area contributed by atoms with E-state index in [-0.39, 0.29) is 24.4 Å². The first-order valence-corrected chi connectivity index (χ1v) is 6.78. The van der Waals surface area contributed by atoms with Crippen LogP contribution in [0.25, 0.3) is 0 Å². The van der Waals surface area contributed by atoms with Crippen LogP contribution < -0.4 is 10.6 Å². The number of rotatable bonds is 4. The number of carbonyl (C=O) groups excluding carboxylic acids is 1. The van der Waals surface area contributed by atoms with Gasteiger partial charge in [0.25, 0.3) is 0 Å². The summed E-state index contributed by atoms with van der Waals surface area (Å²) in [6.07, 6.45) is 1.72. The van der Waals surface area contributed by atoms with Gasteiger partial charge in [-0.05, 0) is 50.0 Å². The third kappa shape index (κ3) is 5.01. The van der Waals surface area contributed by atoms with Crippen molar-refractivity contribution in [3.63, 3.8) is 0 Å². The van der Waals surface area contributed by atoms with Gasteiger partial charge in [0.05, 0.1) is 6.04 Å². The van der Waals surface area contributed by atoms with E-state index in [1.54, 1.807) is 0 Å². The van der Waals surface area contributed by atoms with Crippen molar-refractivity contribution in [3.05, 3.63) is 34.9 Å². The van der Waals surface area contributed by atoms with Crippen LogP contribution in [0.15, 0.2) is 24.3 Å². The summed E-state index contributed by atoms with van der Waals surface area (Å²) in [5.41, 5.74) is 1.08. The van der Waals surface area contributed by atoms with Gasteiger partial charge in [0.1, 0.15) is 0 Å². The Hall–Kier alpha value is -0.770. The van der Waals surface area contributed by atoms with E-state index in [0.717, 1.165) is 25.1 Å². The first-order chi connectivity index (χ1) is 8.65. The monoisotopic (exact) mass is 302 g/mol. The molecular formula is C14H20Cl2N2O. The van der Waals surface area contributed by atoms with Gasteiger partial charge in [0.2, 0.25) is 5.91 Å². The molecule has 1 aromatic rings. The molecule has 2 rings (SSSR count). The highest BCUT2D eigenvalue weighted by molar-refractivity contribution is 6.30. The molecule has 1 saturated heterocycles. The molecular weight excluding hydrogens is 283 g/mol. The lowest BCUT2D eigenvalue weighted by Crippen LogP contribution is -2.28. The van der Waals surface area contributed by atoms with Crippen LogP contribution in [0.3, 0.4) is 0 Å². The molecule has 3 nitrogen and oxygen atoms in total. The zero-order valence-electron chi connectivity index (χ0n) is 11.0. The predicted molar refractivity (Wildman–Crippen MR) is 80.9 cm³/mol. The third-order valence-electron chi connectivity index (χ3n) is 3.38. The molecule has 5 heteroatoms. The van der Waals surface area contributed by atoms with Crippen molar-refractivity contribution < 1.29 is 4.79 Å². The van der Waals surface area contributed by atoms with E-state index in [9.17, 15) is 4.79 Å². The van der Waals surface area contributed by atoms with Crippen molar-refractivity contribution >= 4 is 29.9 Å². The van der Waals surface area contributed by atoms with Crippen molar-refractivity contribution in [1.82, 2.24) is 10.6 Å². The summed E-state index contributed by atoms with van der Waals surface area (Å²) >= 11 is 5.84. The summed E-state index contributed by atoms with van der Waals surface area (Å²) in [4.78, 5) is 11.9. The maximum absolute atomic E-state index is 11.9. The Morgan fingerprint density at radius 3 is 2.74 bits per heavy atom. The molecule has 106 valence electrons. The second-order valence-electron chi connectivity index (χ2n) is 4.90.